The molecule has 1 saturated heterocycles. The molecule has 6 aliphatic rings. The zero-order valence-electron chi connectivity index (χ0n) is 35.1. The van der Waals surface area contributed by atoms with Gasteiger partial charge in [0.25, 0.3) is 10.0 Å². The number of rotatable bonds is 9. The second-order valence-electron chi connectivity index (χ2n) is 20.3. The van der Waals surface area contributed by atoms with Gasteiger partial charge in [-0.15, -0.1) is 0 Å². The van der Waals surface area contributed by atoms with Crippen molar-refractivity contribution >= 4 is 21.6 Å². The summed E-state index contributed by atoms with van der Waals surface area (Å²) in [6.07, 6.45) is 16.8. The number of carboxylic acid groups (broad SMARTS) is 1. The molecule has 1 aromatic carbocycles. The Morgan fingerprint density at radius 2 is 1.64 bits per heavy atom. The molecule has 4 saturated carbocycles. The van der Waals surface area contributed by atoms with Crippen LogP contribution in [0.25, 0.3) is 5.57 Å². The van der Waals surface area contributed by atoms with Gasteiger partial charge in [-0.2, -0.15) is 4.31 Å². The lowest BCUT2D eigenvalue weighted by Crippen LogP contribution is -2.68. The minimum Gasteiger partial charge on any atom is -0.478 e. The zero-order valence-corrected chi connectivity index (χ0v) is 35.9. The summed E-state index contributed by atoms with van der Waals surface area (Å²) >= 11 is 0. The number of benzene rings is 1. The normalized spacial score (nSPS) is 38.5. The highest BCUT2D eigenvalue weighted by Gasteiger charge is 2.70. The summed E-state index contributed by atoms with van der Waals surface area (Å²) in [4.78, 5) is 18.2. The Balaban J connectivity index is 0.984. The summed E-state index contributed by atoms with van der Waals surface area (Å²) in [5, 5.41) is 13.9. The zero-order chi connectivity index (χ0) is 40.1. The van der Waals surface area contributed by atoms with Gasteiger partial charge in [-0.3, -0.25) is 4.90 Å². The van der Waals surface area contributed by atoms with Gasteiger partial charge < -0.3 is 15.0 Å². The van der Waals surface area contributed by atoms with Gasteiger partial charge in [0.05, 0.1) is 11.9 Å². The van der Waals surface area contributed by atoms with Crippen LogP contribution in [0.2, 0.25) is 0 Å². The first-order valence-corrected chi connectivity index (χ1v) is 23.0. The second-order valence-corrected chi connectivity index (χ2v) is 22.2. The molecule has 10 heteroatoms. The predicted octanol–water partition coefficient (Wildman–Crippen LogP) is 8.12. The maximum Gasteiger partial charge on any atom is 0.335 e. The van der Waals surface area contributed by atoms with E-state index < -0.39 is 16.0 Å². The molecule has 3 unspecified atom stereocenters. The van der Waals surface area contributed by atoms with Gasteiger partial charge >= 0.3 is 5.97 Å². The van der Waals surface area contributed by atoms with E-state index in [-0.39, 0.29) is 32.2 Å². The van der Waals surface area contributed by atoms with Gasteiger partial charge in [-0.1, -0.05) is 65.0 Å². The number of hydrogen-bond acceptors (Lipinski definition) is 6. The molecule has 5 fully saturated rings. The Kier molecular flexibility index (Phi) is 9.94. The van der Waals surface area contributed by atoms with Gasteiger partial charge in [0, 0.05) is 58.1 Å². The minimum atomic E-state index is -3.56. The van der Waals surface area contributed by atoms with Crippen LogP contribution in [0.1, 0.15) is 115 Å². The van der Waals surface area contributed by atoms with Gasteiger partial charge in [0.2, 0.25) is 0 Å². The van der Waals surface area contributed by atoms with Gasteiger partial charge in [-0.05, 0) is 139 Å². The Morgan fingerprint density at radius 1 is 0.929 bits per heavy atom. The molecular weight excluding hydrogens is 719 g/mol. The average Bonchev–Trinajstić information content (AvgIpc) is 3.77. The average molecular weight is 786 g/mol. The van der Waals surface area contributed by atoms with E-state index in [4.69, 9.17) is 0 Å². The molecule has 0 spiro atoms. The molecule has 0 radical (unpaired) electrons. The van der Waals surface area contributed by atoms with Crippen LogP contribution in [-0.2, 0) is 17.1 Å². The van der Waals surface area contributed by atoms with Gasteiger partial charge in [0.1, 0.15) is 0 Å². The SMILES string of the molecule is C=C(C)[C@@H]1CC[C@]2(NCCN3CCN(S(=O)(=O)c4cn(C)cn4)CC3)CC[C@]3(C)[C@H](CCC4[C@@]5(C)CC=C(c6ccc(C(=O)O)cc6)C(C)(C)C5CC[C@]43C)C12. The number of hydrogen-bond donors (Lipinski definition) is 2. The third-order valence-electron chi connectivity index (χ3n) is 17.6. The molecule has 306 valence electrons. The number of imidazole rings is 1. The van der Waals surface area contributed by atoms with Crippen LogP contribution in [0.3, 0.4) is 0 Å². The van der Waals surface area contributed by atoms with Crippen LogP contribution in [0.15, 0.2) is 60.0 Å². The fourth-order valence-electron chi connectivity index (χ4n) is 14.7. The van der Waals surface area contributed by atoms with Crippen molar-refractivity contribution in [2.45, 2.75) is 110 Å². The molecule has 0 amide bonds. The monoisotopic (exact) mass is 785 g/mol. The van der Waals surface area contributed by atoms with Crippen molar-refractivity contribution in [3.63, 3.8) is 0 Å². The van der Waals surface area contributed by atoms with Crippen molar-refractivity contribution in [1.82, 2.24) is 24.1 Å². The summed E-state index contributed by atoms with van der Waals surface area (Å²) in [6, 6.07) is 7.59. The first-order chi connectivity index (χ1) is 26.4. The number of nitrogens with one attached hydrogen (secondary N) is 1. The first kappa shape index (κ1) is 40.0. The molecule has 5 aliphatic carbocycles. The molecule has 9 atom stereocenters. The minimum absolute atomic E-state index is 0.00103. The number of nitrogens with zero attached hydrogens (tertiary/aromatic N) is 4. The molecule has 8 rings (SSSR count). The molecule has 2 N–H and O–H groups in total. The van der Waals surface area contributed by atoms with Crippen LogP contribution in [0.5, 0.6) is 0 Å². The molecular formula is C46H67N5O4S. The number of aryl methyl sites for hydroxylation is 1. The van der Waals surface area contributed by atoms with Crippen LogP contribution < -0.4 is 5.32 Å². The van der Waals surface area contributed by atoms with E-state index in [0.717, 1.165) is 32.6 Å². The van der Waals surface area contributed by atoms with Crippen molar-refractivity contribution in [3.8, 4) is 0 Å². The summed E-state index contributed by atoms with van der Waals surface area (Å²) in [6.45, 7) is 24.2. The number of fused-ring (bicyclic) bond motifs is 7. The molecule has 1 aromatic heterocycles. The van der Waals surface area contributed by atoms with E-state index >= 15 is 0 Å². The summed E-state index contributed by atoms with van der Waals surface area (Å²) in [5.41, 5.74) is 5.13. The molecule has 2 heterocycles. The molecule has 0 bridgehead atoms. The number of aromatic carboxylic acids is 1. The third kappa shape index (κ3) is 6.04. The predicted molar refractivity (Wildman–Crippen MR) is 222 cm³/mol. The van der Waals surface area contributed by atoms with Crippen LogP contribution in [0.4, 0.5) is 0 Å². The highest BCUT2D eigenvalue weighted by atomic mass is 32.2. The molecule has 2 aromatic rings. The topological polar surface area (TPSA) is 108 Å². The number of sulfonamides is 1. The number of carboxylic acids is 1. The van der Waals surface area contributed by atoms with Crippen molar-refractivity contribution in [2.75, 3.05) is 39.3 Å². The van der Waals surface area contributed by atoms with E-state index in [1.807, 2.05) is 12.1 Å². The summed E-state index contributed by atoms with van der Waals surface area (Å²) in [7, 11) is -1.76. The van der Waals surface area contributed by atoms with Crippen LogP contribution >= 0.6 is 0 Å². The van der Waals surface area contributed by atoms with E-state index in [9.17, 15) is 18.3 Å². The maximum atomic E-state index is 13.2. The van der Waals surface area contributed by atoms with E-state index in [2.05, 4.69) is 69.4 Å². The standard InChI is InChI=1S/C46H67N5O4S/c1-31(2)34-15-20-46(48-23-24-50-25-27-51(28-26-50)56(54,55)39-29-49(8)30-47-39)22-21-44(6)36(40(34)46)13-14-38-43(5)18-16-35(32-9-11-33(12-10-32)41(52)53)42(3,4)37(43)17-19-45(38,44)7/h9-12,16,29-30,34,36-38,40,48H,1,13-15,17-28H2,2-8H3,(H,52,53)/t34-,36+,37?,38?,40?,43-,44+,45+,46-/m0/s1. The maximum absolute atomic E-state index is 13.2. The molecule has 1 aliphatic heterocycles. The third-order valence-corrected chi connectivity index (χ3v) is 19.4. The number of aromatic nitrogens is 2. The Labute approximate surface area is 336 Å². The van der Waals surface area contributed by atoms with Crippen LogP contribution in [-0.4, -0.2) is 83.1 Å². The van der Waals surface area contributed by atoms with Crippen molar-refractivity contribution in [3.05, 3.63) is 66.1 Å². The van der Waals surface area contributed by atoms with Gasteiger partial charge in [-0.25, -0.2) is 18.2 Å². The van der Waals surface area contributed by atoms with E-state index in [1.54, 1.807) is 40.6 Å². The second kappa shape index (κ2) is 13.9. The number of carbonyl (C=O) groups is 1. The smallest absolute Gasteiger partial charge is 0.335 e. The highest BCUT2D eigenvalue weighted by molar-refractivity contribution is 7.89. The summed E-state index contributed by atoms with van der Waals surface area (Å²) < 4.78 is 29.7. The lowest BCUT2D eigenvalue weighted by Gasteiger charge is -2.72. The summed E-state index contributed by atoms with van der Waals surface area (Å²) in [5.74, 6) is 2.15. The Bertz CT molecular complexity index is 2000. The van der Waals surface area contributed by atoms with E-state index in [0.29, 0.717) is 48.2 Å². The van der Waals surface area contributed by atoms with Gasteiger partial charge in [0.15, 0.2) is 5.03 Å². The largest absolute Gasteiger partial charge is 0.478 e. The fraction of sp³-hybridized carbons (Fsp3) is 0.696. The van der Waals surface area contributed by atoms with Crippen molar-refractivity contribution < 1.29 is 18.3 Å². The molecule has 9 nitrogen and oxygen atoms in total. The van der Waals surface area contributed by atoms with Crippen LogP contribution in [0, 0.1) is 51.2 Å². The fourth-order valence-corrected chi connectivity index (χ4v) is 16.0. The number of piperazine rings is 1. The van der Waals surface area contributed by atoms with Crippen molar-refractivity contribution in [2.24, 2.45) is 58.3 Å². The lowest BCUT2D eigenvalue weighted by molar-refractivity contribution is -0.219. The lowest BCUT2D eigenvalue weighted by atomic mass is 9.33. The number of allylic oxidation sites excluding steroid dienone is 3. The molecule has 56 heavy (non-hydrogen) atoms. The quantitative estimate of drug-likeness (QED) is 0.248. The highest BCUT2D eigenvalue weighted by Crippen LogP contribution is 2.76. The van der Waals surface area contributed by atoms with Crippen molar-refractivity contribution in [1.29, 1.82) is 0 Å². The first-order valence-electron chi connectivity index (χ1n) is 21.5. The Hall–Kier alpha value is -2.79. The van der Waals surface area contributed by atoms with E-state index in [1.165, 1.54) is 68.1 Å². The Morgan fingerprint density at radius 3 is 2.29 bits per heavy atom.